The Morgan fingerprint density at radius 1 is 0.825 bits per heavy atom. The lowest BCUT2D eigenvalue weighted by molar-refractivity contribution is -0.154. The average molecular weight is 561 g/mol. The van der Waals surface area contributed by atoms with Gasteiger partial charge in [0, 0.05) is 10.9 Å². The van der Waals surface area contributed by atoms with Crippen molar-refractivity contribution in [1.82, 2.24) is 0 Å². The minimum atomic E-state index is -4.74. The van der Waals surface area contributed by atoms with E-state index >= 15 is 4.39 Å². The van der Waals surface area contributed by atoms with Gasteiger partial charge in [-0.05, 0) is 53.8 Å². The monoisotopic (exact) mass is 560 g/mol. The van der Waals surface area contributed by atoms with Gasteiger partial charge in [-0.1, -0.05) is 94.4 Å². The van der Waals surface area contributed by atoms with Gasteiger partial charge in [0.25, 0.3) is 0 Å². The van der Waals surface area contributed by atoms with Crippen molar-refractivity contribution < 1.29 is 31.1 Å². The number of hydrogen-bond acceptors (Lipinski definition) is 1. The van der Waals surface area contributed by atoms with Gasteiger partial charge in [-0.25, -0.2) is 13.2 Å². The highest BCUT2D eigenvalue weighted by molar-refractivity contribution is 5.85. The third-order valence-electron chi connectivity index (χ3n) is 7.76. The number of aryl methyl sites for hydroxylation is 1. The van der Waals surface area contributed by atoms with Gasteiger partial charge < -0.3 is 4.74 Å². The first-order valence-electron chi connectivity index (χ1n) is 14.0. The Balaban J connectivity index is 1.38. The summed E-state index contributed by atoms with van der Waals surface area (Å²) in [5.74, 6) is 2.38. The van der Waals surface area contributed by atoms with Crippen molar-refractivity contribution in [2.24, 2.45) is 11.8 Å². The van der Waals surface area contributed by atoms with Gasteiger partial charge in [0.05, 0.1) is 5.56 Å². The van der Waals surface area contributed by atoms with Crippen LogP contribution in [-0.4, -0.2) is 12.8 Å². The Bertz CT molecular complexity index is 1340. The van der Waals surface area contributed by atoms with Crippen LogP contribution in [0.2, 0.25) is 0 Å². The molecule has 3 aromatic carbocycles. The second kappa shape index (κ2) is 13.5. The van der Waals surface area contributed by atoms with E-state index in [1.807, 2.05) is 12.1 Å². The molecule has 0 bridgehead atoms. The second-order valence-electron chi connectivity index (χ2n) is 10.8. The van der Waals surface area contributed by atoms with E-state index in [9.17, 15) is 22.0 Å². The molecule has 1 nitrogen and oxygen atoms in total. The quantitative estimate of drug-likeness (QED) is 0.144. The molecule has 0 saturated heterocycles. The van der Waals surface area contributed by atoms with Crippen molar-refractivity contribution in [1.29, 1.82) is 0 Å². The molecule has 1 saturated carbocycles. The Kier molecular flexibility index (Phi) is 10.1. The van der Waals surface area contributed by atoms with Gasteiger partial charge >= 0.3 is 6.18 Å². The number of ether oxygens (including phenoxy) is 1. The Hall–Kier alpha value is -3.14. The number of fused-ring (bicyclic) bond motifs is 1. The summed E-state index contributed by atoms with van der Waals surface area (Å²) in [5, 5.41) is 1.15. The van der Waals surface area contributed by atoms with Crippen LogP contribution in [0.4, 0.5) is 26.3 Å². The maximum absolute atomic E-state index is 15.2. The molecule has 3 aromatic rings. The first-order chi connectivity index (χ1) is 19.1. The van der Waals surface area contributed by atoms with Crippen LogP contribution in [-0.2, 0) is 6.42 Å². The van der Waals surface area contributed by atoms with E-state index in [1.165, 1.54) is 57.4 Å². The lowest BCUT2D eigenvalue weighted by Gasteiger charge is -2.28. The highest BCUT2D eigenvalue weighted by atomic mass is 19.4. The summed E-state index contributed by atoms with van der Waals surface area (Å²) in [4.78, 5) is 0. The number of benzene rings is 3. The van der Waals surface area contributed by atoms with Crippen molar-refractivity contribution in [2.45, 2.75) is 77.3 Å². The van der Waals surface area contributed by atoms with E-state index in [4.69, 9.17) is 0 Å². The standard InChI is InChI=1S/C33H34F6O/c1-2-3-4-5-22-6-8-23(9-7-22)10-11-24-13-17-28-27(18-24)16-15-26(31(28)36)14-12-25-19-29(34)32(30(35)20-25)40-21-33(37,38)39/h13,15-20,22-23H,2-11,21H2,1H3. The molecule has 1 aliphatic carbocycles. The van der Waals surface area contributed by atoms with Gasteiger partial charge in [-0.3, -0.25) is 0 Å². The number of alkyl halides is 3. The third kappa shape index (κ3) is 8.19. The molecule has 4 rings (SSSR count). The molecule has 7 heteroatoms. The molecule has 0 aromatic heterocycles. The topological polar surface area (TPSA) is 9.23 Å². The first kappa shape index (κ1) is 29.8. The predicted molar refractivity (Wildman–Crippen MR) is 146 cm³/mol. The SMILES string of the molecule is CCCCCC1CCC(CCc2ccc3c(F)c(C#Cc4cc(F)c(OCC(F)(F)F)c(F)c4)ccc3c2)CC1. The van der Waals surface area contributed by atoms with Crippen LogP contribution in [0.25, 0.3) is 10.8 Å². The van der Waals surface area contributed by atoms with Crippen molar-refractivity contribution in [3.8, 4) is 17.6 Å². The van der Waals surface area contributed by atoms with E-state index in [0.717, 1.165) is 47.8 Å². The molecular weight excluding hydrogens is 526 g/mol. The lowest BCUT2D eigenvalue weighted by atomic mass is 9.77. The maximum atomic E-state index is 15.2. The second-order valence-corrected chi connectivity index (χ2v) is 10.8. The van der Waals surface area contributed by atoms with Gasteiger partial charge in [0.1, 0.15) is 5.82 Å². The molecule has 0 atom stereocenters. The van der Waals surface area contributed by atoms with Crippen LogP contribution in [0.1, 0.15) is 81.4 Å². The zero-order valence-electron chi connectivity index (χ0n) is 22.7. The first-order valence-corrected chi connectivity index (χ1v) is 14.0. The Morgan fingerprint density at radius 3 is 2.15 bits per heavy atom. The molecule has 1 aliphatic rings. The van der Waals surface area contributed by atoms with Crippen molar-refractivity contribution >= 4 is 10.8 Å². The van der Waals surface area contributed by atoms with Crippen molar-refractivity contribution in [3.05, 3.63) is 76.6 Å². The number of unbranched alkanes of at least 4 members (excludes halogenated alkanes) is 2. The van der Waals surface area contributed by atoms with Crippen LogP contribution >= 0.6 is 0 Å². The fourth-order valence-electron chi connectivity index (χ4n) is 5.52. The van der Waals surface area contributed by atoms with E-state index in [1.54, 1.807) is 12.1 Å². The van der Waals surface area contributed by atoms with Gasteiger partial charge in [0.2, 0.25) is 0 Å². The van der Waals surface area contributed by atoms with E-state index in [0.29, 0.717) is 5.39 Å². The van der Waals surface area contributed by atoms with Crippen LogP contribution in [0, 0.1) is 41.1 Å². The molecule has 0 radical (unpaired) electrons. The van der Waals surface area contributed by atoms with Crippen molar-refractivity contribution in [2.75, 3.05) is 6.61 Å². The van der Waals surface area contributed by atoms with E-state index in [-0.39, 0.29) is 11.1 Å². The summed E-state index contributed by atoms with van der Waals surface area (Å²) < 4.78 is 84.5. The van der Waals surface area contributed by atoms with Crippen molar-refractivity contribution in [3.63, 3.8) is 0 Å². The molecule has 1 fully saturated rings. The summed E-state index contributed by atoms with van der Waals surface area (Å²) in [6.45, 7) is 0.419. The van der Waals surface area contributed by atoms with E-state index < -0.39 is 36.0 Å². The molecule has 0 N–H and O–H groups in total. The number of hydrogen-bond donors (Lipinski definition) is 0. The van der Waals surface area contributed by atoms with Crippen LogP contribution in [0.5, 0.6) is 5.75 Å². The van der Waals surface area contributed by atoms with Gasteiger partial charge in [-0.2, -0.15) is 13.2 Å². The lowest BCUT2D eigenvalue weighted by Crippen LogP contribution is -2.20. The molecule has 0 spiro atoms. The highest BCUT2D eigenvalue weighted by Crippen LogP contribution is 2.34. The fourth-order valence-corrected chi connectivity index (χ4v) is 5.52. The molecule has 214 valence electrons. The summed E-state index contributed by atoms with van der Waals surface area (Å²) in [5.41, 5.74) is 1.06. The largest absolute Gasteiger partial charge is 0.478 e. The average Bonchev–Trinajstić information content (AvgIpc) is 2.91. The predicted octanol–water partition coefficient (Wildman–Crippen LogP) is 9.92. The summed E-state index contributed by atoms with van der Waals surface area (Å²) in [6.07, 6.45) is 7.89. The van der Waals surface area contributed by atoms with Gasteiger partial charge in [0.15, 0.2) is 24.0 Å². The summed E-state index contributed by atoms with van der Waals surface area (Å²) in [6, 6.07) is 10.5. The molecular formula is C33H34F6O. The third-order valence-corrected chi connectivity index (χ3v) is 7.76. The Morgan fingerprint density at radius 2 is 1.50 bits per heavy atom. The maximum Gasteiger partial charge on any atom is 0.422 e. The molecule has 0 unspecified atom stereocenters. The smallest absolute Gasteiger partial charge is 0.422 e. The normalized spacial score (nSPS) is 17.5. The van der Waals surface area contributed by atoms with Crippen LogP contribution in [0.3, 0.4) is 0 Å². The minimum Gasteiger partial charge on any atom is -0.478 e. The molecule has 0 amide bonds. The number of halogens is 6. The molecule has 0 heterocycles. The summed E-state index contributed by atoms with van der Waals surface area (Å²) in [7, 11) is 0. The number of rotatable bonds is 9. The zero-order chi connectivity index (χ0) is 28.7. The molecule has 0 aliphatic heterocycles. The highest BCUT2D eigenvalue weighted by Gasteiger charge is 2.30. The zero-order valence-corrected chi connectivity index (χ0v) is 22.7. The summed E-state index contributed by atoms with van der Waals surface area (Å²) >= 11 is 0. The van der Waals surface area contributed by atoms with Crippen LogP contribution < -0.4 is 4.74 Å². The Labute approximate surface area is 231 Å². The fraction of sp³-hybridized carbons (Fsp3) is 0.455. The minimum absolute atomic E-state index is 0.0501. The van der Waals surface area contributed by atoms with Crippen LogP contribution in [0.15, 0.2) is 42.5 Å². The van der Waals surface area contributed by atoms with Gasteiger partial charge in [-0.15, -0.1) is 0 Å². The van der Waals surface area contributed by atoms with E-state index in [2.05, 4.69) is 23.5 Å². The molecule has 40 heavy (non-hydrogen) atoms.